The zero-order valence-electron chi connectivity index (χ0n) is 9.30. The molecule has 0 aromatic carbocycles. The fourth-order valence-corrected chi connectivity index (χ4v) is 1.50. The Morgan fingerprint density at radius 1 is 1.38 bits per heavy atom. The van der Waals surface area contributed by atoms with Crippen LogP contribution >= 0.6 is 0 Å². The van der Waals surface area contributed by atoms with Gasteiger partial charge in [0.05, 0.1) is 25.4 Å². The molecule has 6 nitrogen and oxygen atoms in total. The second-order valence-electron chi connectivity index (χ2n) is 3.87. The van der Waals surface area contributed by atoms with Gasteiger partial charge >= 0.3 is 11.9 Å². The fourth-order valence-electron chi connectivity index (χ4n) is 1.50. The number of carboxylic acids is 1. The van der Waals surface area contributed by atoms with Gasteiger partial charge in [-0.2, -0.15) is 0 Å². The molecule has 0 aliphatic heterocycles. The third kappa shape index (κ3) is 2.95. The van der Waals surface area contributed by atoms with Crippen molar-refractivity contribution in [3.8, 4) is 0 Å². The van der Waals surface area contributed by atoms with Gasteiger partial charge in [-0.3, -0.25) is 14.4 Å². The fraction of sp³-hybridized carbons (Fsp3) is 0.700. The number of esters is 1. The first-order valence-corrected chi connectivity index (χ1v) is 5.02. The lowest BCUT2D eigenvalue weighted by Gasteiger charge is -2.16. The van der Waals surface area contributed by atoms with Crippen LogP contribution in [-0.4, -0.2) is 48.6 Å². The molecule has 90 valence electrons. The zero-order chi connectivity index (χ0) is 12.3. The van der Waals surface area contributed by atoms with Crippen molar-refractivity contribution in [1.82, 2.24) is 4.90 Å². The SMILES string of the molecule is COC(=O)CCN(C)C(=O)[C@@H]1C[C@@H]1C(=O)O. The second kappa shape index (κ2) is 4.96. The predicted molar refractivity (Wildman–Crippen MR) is 53.5 cm³/mol. The normalized spacial score (nSPS) is 22.4. The van der Waals surface area contributed by atoms with Gasteiger partial charge in [0.1, 0.15) is 0 Å². The minimum atomic E-state index is -0.931. The summed E-state index contributed by atoms with van der Waals surface area (Å²) in [5, 5.41) is 8.67. The lowest BCUT2D eigenvalue weighted by atomic mass is 10.2. The zero-order valence-corrected chi connectivity index (χ0v) is 9.30. The molecule has 2 atom stereocenters. The second-order valence-corrected chi connectivity index (χ2v) is 3.87. The molecule has 0 heterocycles. The Labute approximate surface area is 93.2 Å². The highest BCUT2D eigenvalue weighted by molar-refractivity contribution is 5.89. The van der Waals surface area contributed by atoms with E-state index in [4.69, 9.17) is 5.11 Å². The summed E-state index contributed by atoms with van der Waals surface area (Å²) in [6, 6.07) is 0. The molecule has 0 spiro atoms. The van der Waals surface area contributed by atoms with E-state index in [9.17, 15) is 14.4 Å². The van der Waals surface area contributed by atoms with E-state index in [-0.39, 0.29) is 24.8 Å². The van der Waals surface area contributed by atoms with Crippen LogP contribution in [0.1, 0.15) is 12.8 Å². The van der Waals surface area contributed by atoms with Crippen LogP contribution < -0.4 is 0 Å². The Bertz CT molecular complexity index is 314. The molecule has 1 aliphatic rings. The number of carboxylic acid groups (broad SMARTS) is 1. The first kappa shape index (κ1) is 12.5. The maximum Gasteiger partial charge on any atom is 0.307 e. The summed E-state index contributed by atoms with van der Waals surface area (Å²) in [5.41, 5.74) is 0. The Balaban J connectivity index is 2.33. The number of ether oxygens (including phenoxy) is 1. The molecule has 1 amide bonds. The van der Waals surface area contributed by atoms with Crippen LogP contribution in [0.5, 0.6) is 0 Å². The van der Waals surface area contributed by atoms with Gasteiger partial charge in [0.2, 0.25) is 5.91 Å². The smallest absolute Gasteiger partial charge is 0.307 e. The van der Waals surface area contributed by atoms with Crippen molar-refractivity contribution in [3.05, 3.63) is 0 Å². The topological polar surface area (TPSA) is 83.9 Å². The van der Waals surface area contributed by atoms with E-state index in [1.165, 1.54) is 12.0 Å². The van der Waals surface area contributed by atoms with Crippen LogP contribution in [0.4, 0.5) is 0 Å². The molecule has 1 aliphatic carbocycles. The molecule has 0 unspecified atom stereocenters. The van der Waals surface area contributed by atoms with E-state index in [1.54, 1.807) is 7.05 Å². The highest BCUT2D eigenvalue weighted by Gasteiger charge is 2.49. The number of carbonyl (C=O) groups excluding carboxylic acids is 2. The number of rotatable bonds is 5. The number of hydrogen-bond donors (Lipinski definition) is 1. The molecule has 1 saturated carbocycles. The van der Waals surface area contributed by atoms with E-state index in [1.807, 2.05) is 0 Å². The van der Waals surface area contributed by atoms with Gasteiger partial charge in [0, 0.05) is 13.6 Å². The molecule has 1 N–H and O–H groups in total. The van der Waals surface area contributed by atoms with Crippen molar-refractivity contribution in [2.45, 2.75) is 12.8 Å². The monoisotopic (exact) mass is 229 g/mol. The van der Waals surface area contributed by atoms with Gasteiger partial charge in [-0.1, -0.05) is 0 Å². The van der Waals surface area contributed by atoms with E-state index < -0.39 is 17.8 Å². The standard InChI is InChI=1S/C10H15NO5/c1-11(4-3-8(12)16-2)9(13)6-5-7(6)10(14)15/h6-7H,3-5H2,1-2H3,(H,14,15)/t6-,7+/m1/s1. The molecule has 6 heteroatoms. The third-order valence-electron chi connectivity index (χ3n) is 2.68. The van der Waals surface area contributed by atoms with E-state index in [0.717, 1.165) is 0 Å². The first-order valence-electron chi connectivity index (χ1n) is 5.02. The Morgan fingerprint density at radius 2 is 2.00 bits per heavy atom. The van der Waals surface area contributed by atoms with Crippen molar-refractivity contribution in [2.24, 2.45) is 11.8 Å². The summed E-state index contributed by atoms with van der Waals surface area (Å²) < 4.78 is 4.44. The minimum absolute atomic E-state index is 0.128. The molecule has 0 aromatic heterocycles. The van der Waals surface area contributed by atoms with Crippen LogP contribution in [0.15, 0.2) is 0 Å². The van der Waals surface area contributed by atoms with Gasteiger partial charge < -0.3 is 14.7 Å². The van der Waals surface area contributed by atoms with Crippen LogP contribution in [0.2, 0.25) is 0 Å². The number of aliphatic carboxylic acids is 1. The molecular formula is C10H15NO5. The Kier molecular flexibility index (Phi) is 3.87. The third-order valence-corrected chi connectivity index (χ3v) is 2.68. The summed E-state index contributed by atoms with van der Waals surface area (Å²) in [7, 11) is 2.84. The highest BCUT2D eigenvalue weighted by Crippen LogP contribution is 2.39. The van der Waals surface area contributed by atoms with Crippen LogP contribution in [0.25, 0.3) is 0 Å². The van der Waals surface area contributed by atoms with Crippen molar-refractivity contribution in [1.29, 1.82) is 0 Å². The molecule has 0 bridgehead atoms. The maximum absolute atomic E-state index is 11.6. The van der Waals surface area contributed by atoms with Gasteiger partial charge in [-0.25, -0.2) is 0 Å². The van der Waals surface area contributed by atoms with Gasteiger partial charge in [0.15, 0.2) is 0 Å². The molecule has 1 fully saturated rings. The number of methoxy groups -OCH3 is 1. The average molecular weight is 229 g/mol. The summed E-state index contributed by atoms with van der Waals surface area (Å²) in [5.74, 6) is -2.49. The van der Waals surface area contributed by atoms with Gasteiger partial charge in [0.25, 0.3) is 0 Å². The Hall–Kier alpha value is -1.59. The molecule has 16 heavy (non-hydrogen) atoms. The van der Waals surface area contributed by atoms with Crippen LogP contribution in [-0.2, 0) is 19.1 Å². The van der Waals surface area contributed by atoms with Crippen molar-refractivity contribution >= 4 is 17.8 Å². The summed E-state index contributed by atoms with van der Waals surface area (Å²) in [6.07, 6.45) is 0.528. The van der Waals surface area contributed by atoms with Crippen molar-refractivity contribution < 1.29 is 24.2 Å². The first-order chi connectivity index (χ1) is 7.47. The minimum Gasteiger partial charge on any atom is -0.481 e. The highest BCUT2D eigenvalue weighted by atomic mass is 16.5. The Morgan fingerprint density at radius 3 is 2.44 bits per heavy atom. The molecule has 1 rings (SSSR count). The van der Waals surface area contributed by atoms with Crippen molar-refractivity contribution in [3.63, 3.8) is 0 Å². The molecule has 0 saturated heterocycles. The van der Waals surface area contributed by atoms with Gasteiger partial charge in [-0.05, 0) is 6.42 Å². The van der Waals surface area contributed by atoms with Gasteiger partial charge in [-0.15, -0.1) is 0 Å². The number of amides is 1. The van der Waals surface area contributed by atoms with Crippen LogP contribution in [0.3, 0.4) is 0 Å². The summed E-state index contributed by atoms with van der Waals surface area (Å²) in [4.78, 5) is 34.4. The lowest BCUT2D eigenvalue weighted by Crippen LogP contribution is -2.31. The molecule has 0 radical (unpaired) electrons. The van der Waals surface area contributed by atoms with E-state index in [2.05, 4.69) is 4.74 Å². The van der Waals surface area contributed by atoms with E-state index >= 15 is 0 Å². The number of hydrogen-bond acceptors (Lipinski definition) is 4. The number of carbonyl (C=O) groups is 3. The largest absolute Gasteiger partial charge is 0.481 e. The van der Waals surface area contributed by atoms with Crippen LogP contribution in [0, 0.1) is 11.8 Å². The quantitative estimate of drug-likeness (QED) is 0.656. The average Bonchev–Trinajstić information content (AvgIpc) is 3.04. The predicted octanol–water partition coefficient (Wildman–Crippen LogP) is -0.271. The molecule has 0 aromatic rings. The molecular weight excluding hydrogens is 214 g/mol. The number of nitrogens with zero attached hydrogens (tertiary/aromatic N) is 1. The lowest BCUT2D eigenvalue weighted by molar-refractivity contribution is -0.143. The van der Waals surface area contributed by atoms with Crippen molar-refractivity contribution in [2.75, 3.05) is 20.7 Å². The summed E-state index contributed by atoms with van der Waals surface area (Å²) in [6.45, 7) is 0.258. The maximum atomic E-state index is 11.6. The van der Waals surface area contributed by atoms with E-state index in [0.29, 0.717) is 6.42 Å². The summed E-state index contributed by atoms with van der Waals surface area (Å²) >= 11 is 0.